The molecule has 0 aliphatic carbocycles. The summed E-state index contributed by atoms with van der Waals surface area (Å²) in [5.41, 5.74) is 7.10. The van der Waals surface area contributed by atoms with Crippen LogP contribution >= 0.6 is 0 Å². The predicted molar refractivity (Wildman–Crippen MR) is 68.9 cm³/mol. The van der Waals surface area contributed by atoms with E-state index in [9.17, 15) is 5.11 Å². The summed E-state index contributed by atoms with van der Waals surface area (Å²) in [6, 6.07) is 5.50. The van der Waals surface area contributed by atoms with Gasteiger partial charge < -0.3 is 20.5 Å². The van der Waals surface area contributed by atoms with E-state index < -0.39 is 5.60 Å². The van der Waals surface area contributed by atoms with Crippen LogP contribution in [0, 0.1) is 0 Å². The van der Waals surface area contributed by atoms with Crippen LogP contribution in [0.2, 0.25) is 0 Å². The lowest BCUT2D eigenvalue weighted by Crippen LogP contribution is -2.33. The van der Waals surface area contributed by atoms with Crippen molar-refractivity contribution in [3.05, 3.63) is 29.3 Å². The van der Waals surface area contributed by atoms with Crippen LogP contribution in [-0.4, -0.2) is 37.8 Å². The molecule has 0 aliphatic heterocycles. The maximum Gasteiger partial charge on any atom is 0.120 e. The summed E-state index contributed by atoms with van der Waals surface area (Å²) < 4.78 is 5.45. The Bertz CT molecular complexity index is 374. The molecule has 3 N–H and O–H groups in total. The first-order valence-electron chi connectivity index (χ1n) is 5.65. The third-order valence-electron chi connectivity index (χ3n) is 3.02. The summed E-state index contributed by atoms with van der Waals surface area (Å²) in [7, 11) is 5.57. The molecule has 0 saturated carbocycles. The van der Waals surface area contributed by atoms with E-state index in [1.807, 2.05) is 38.1 Å². The van der Waals surface area contributed by atoms with Crippen molar-refractivity contribution in [2.45, 2.75) is 19.1 Å². The Morgan fingerprint density at radius 3 is 2.53 bits per heavy atom. The van der Waals surface area contributed by atoms with E-state index in [0.717, 1.165) is 11.1 Å². The monoisotopic (exact) mass is 238 g/mol. The summed E-state index contributed by atoms with van der Waals surface area (Å²) in [5.74, 6) is 0.304. The maximum atomic E-state index is 9.80. The molecule has 0 aliphatic rings. The van der Waals surface area contributed by atoms with Crippen molar-refractivity contribution < 1.29 is 9.84 Å². The maximum absolute atomic E-state index is 9.80. The fraction of sp³-hybridized carbons (Fsp3) is 0.538. The van der Waals surface area contributed by atoms with Crippen LogP contribution < -0.4 is 5.73 Å². The molecule has 0 saturated heterocycles. The van der Waals surface area contributed by atoms with Crippen LogP contribution in [-0.2, 0) is 16.9 Å². The molecule has 0 spiro atoms. The van der Waals surface area contributed by atoms with Crippen molar-refractivity contribution in [2.24, 2.45) is 5.73 Å². The van der Waals surface area contributed by atoms with Gasteiger partial charge in [0.05, 0.1) is 0 Å². The van der Waals surface area contributed by atoms with Gasteiger partial charge in [0, 0.05) is 25.8 Å². The summed E-state index contributed by atoms with van der Waals surface area (Å²) in [4.78, 5) is 2.01. The highest BCUT2D eigenvalue weighted by Crippen LogP contribution is 2.28. The Hall–Kier alpha value is -1.10. The number of hydrogen-bond acceptors (Lipinski definition) is 4. The zero-order valence-corrected chi connectivity index (χ0v) is 11.0. The molecule has 1 rings (SSSR count). The van der Waals surface area contributed by atoms with Crippen LogP contribution in [0.5, 0.6) is 5.75 Å². The number of hydrogen-bond donors (Lipinski definition) is 2. The second kappa shape index (κ2) is 5.49. The lowest BCUT2D eigenvalue weighted by Gasteiger charge is -2.27. The first-order chi connectivity index (χ1) is 7.92. The summed E-state index contributed by atoms with van der Waals surface area (Å²) in [6.45, 7) is 3.03. The molecule has 4 heteroatoms. The van der Waals surface area contributed by atoms with Gasteiger partial charge in [0.1, 0.15) is 11.4 Å². The number of benzene rings is 1. The number of aromatic hydroxyl groups is 1. The third-order valence-corrected chi connectivity index (χ3v) is 3.02. The van der Waals surface area contributed by atoms with Crippen molar-refractivity contribution >= 4 is 0 Å². The van der Waals surface area contributed by atoms with Gasteiger partial charge in [-0.3, -0.25) is 0 Å². The lowest BCUT2D eigenvalue weighted by molar-refractivity contribution is 0.00995. The molecule has 0 heterocycles. The summed E-state index contributed by atoms with van der Waals surface area (Å²) in [5, 5.41) is 9.80. The van der Waals surface area contributed by atoms with Gasteiger partial charge in [0.2, 0.25) is 0 Å². The van der Waals surface area contributed by atoms with Gasteiger partial charge in [-0.05, 0) is 38.7 Å². The smallest absolute Gasteiger partial charge is 0.120 e. The van der Waals surface area contributed by atoms with Gasteiger partial charge in [0.25, 0.3) is 0 Å². The molecule has 4 nitrogen and oxygen atoms in total. The molecule has 0 radical (unpaired) electrons. The SMILES string of the molecule is COC(C)(CN)c1ccc(O)c(CN(C)C)c1. The van der Waals surface area contributed by atoms with Crippen LogP contribution in [0.1, 0.15) is 18.1 Å². The fourth-order valence-corrected chi connectivity index (χ4v) is 1.70. The van der Waals surface area contributed by atoms with E-state index >= 15 is 0 Å². The Kier molecular flexibility index (Phi) is 4.51. The standard InChI is InChI=1S/C13H22N2O2/c1-13(9-14,17-4)11-5-6-12(16)10(7-11)8-15(2)3/h5-7,16H,8-9,14H2,1-4H3. The molecular formula is C13H22N2O2. The second-order valence-electron chi connectivity index (χ2n) is 4.72. The molecule has 1 aromatic carbocycles. The number of rotatable bonds is 5. The predicted octanol–water partition coefficient (Wildman–Crippen LogP) is 1.27. The average Bonchev–Trinajstić information content (AvgIpc) is 2.30. The molecule has 0 bridgehead atoms. The van der Waals surface area contributed by atoms with Gasteiger partial charge in [-0.2, -0.15) is 0 Å². The molecule has 0 amide bonds. The van der Waals surface area contributed by atoms with Crippen molar-refractivity contribution in [1.82, 2.24) is 4.90 Å². The van der Waals surface area contributed by atoms with Gasteiger partial charge in [-0.15, -0.1) is 0 Å². The van der Waals surface area contributed by atoms with Gasteiger partial charge in [-0.1, -0.05) is 6.07 Å². The van der Waals surface area contributed by atoms with Crippen molar-refractivity contribution in [3.63, 3.8) is 0 Å². The Morgan fingerprint density at radius 2 is 2.06 bits per heavy atom. The zero-order valence-electron chi connectivity index (χ0n) is 11.0. The topological polar surface area (TPSA) is 58.7 Å². The first kappa shape index (κ1) is 14.0. The summed E-state index contributed by atoms with van der Waals surface area (Å²) >= 11 is 0. The van der Waals surface area contributed by atoms with Gasteiger partial charge >= 0.3 is 0 Å². The Morgan fingerprint density at radius 1 is 1.41 bits per heavy atom. The van der Waals surface area contributed by atoms with Crippen molar-refractivity contribution in [3.8, 4) is 5.75 Å². The van der Waals surface area contributed by atoms with E-state index in [1.54, 1.807) is 13.2 Å². The highest BCUT2D eigenvalue weighted by molar-refractivity contribution is 5.38. The van der Waals surface area contributed by atoms with E-state index in [2.05, 4.69) is 0 Å². The largest absolute Gasteiger partial charge is 0.508 e. The van der Waals surface area contributed by atoms with E-state index in [-0.39, 0.29) is 0 Å². The summed E-state index contributed by atoms with van der Waals surface area (Å²) in [6.07, 6.45) is 0. The minimum absolute atomic E-state index is 0.304. The number of phenols is 1. The molecule has 0 fully saturated rings. The molecule has 1 aromatic rings. The number of phenolic OH excluding ortho intramolecular Hbond substituents is 1. The molecule has 17 heavy (non-hydrogen) atoms. The first-order valence-corrected chi connectivity index (χ1v) is 5.65. The number of ether oxygens (including phenoxy) is 1. The van der Waals surface area contributed by atoms with Gasteiger partial charge in [-0.25, -0.2) is 0 Å². The average molecular weight is 238 g/mol. The van der Waals surface area contributed by atoms with Crippen LogP contribution in [0.3, 0.4) is 0 Å². The fourth-order valence-electron chi connectivity index (χ4n) is 1.70. The number of nitrogens with zero attached hydrogens (tertiary/aromatic N) is 1. The normalized spacial score (nSPS) is 14.9. The zero-order chi connectivity index (χ0) is 13.1. The van der Waals surface area contributed by atoms with Crippen LogP contribution in [0.25, 0.3) is 0 Å². The van der Waals surface area contributed by atoms with E-state index in [4.69, 9.17) is 10.5 Å². The Labute approximate surface area is 103 Å². The molecule has 1 unspecified atom stereocenters. The van der Waals surface area contributed by atoms with E-state index in [0.29, 0.717) is 18.8 Å². The highest BCUT2D eigenvalue weighted by atomic mass is 16.5. The quantitative estimate of drug-likeness (QED) is 0.811. The van der Waals surface area contributed by atoms with Gasteiger partial charge in [0.15, 0.2) is 0 Å². The Balaban J connectivity index is 3.11. The second-order valence-corrected chi connectivity index (χ2v) is 4.72. The molecule has 96 valence electrons. The molecule has 0 aromatic heterocycles. The van der Waals surface area contributed by atoms with Crippen LogP contribution in [0.4, 0.5) is 0 Å². The van der Waals surface area contributed by atoms with E-state index in [1.165, 1.54) is 0 Å². The number of methoxy groups -OCH3 is 1. The minimum Gasteiger partial charge on any atom is -0.508 e. The van der Waals surface area contributed by atoms with Crippen LogP contribution in [0.15, 0.2) is 18.2 Å². The van der Waals surface area contributed by atoms with Crippen molar-refractivity contribution in [1.29, 1.82) is 0 Å². The third kappa shape index (κ3) is 3.19. The lowest BCUT2D eigenvalue weighted by atomic mass is 9.94. The van der Waals surface area contributed by atoms with Crippen molar-refractivity contribution in [2.75, 3.05) is 27.7 Å². The minimum atomic E-state index is -0.505. The molecular weight excluding hydrogens is 216 g/mol. The highest BCUT2D eigenvalue weighted by Gasteiger charge is 2.25. The molecule has 1 atom stereocenters. The number of nitrogens with two attached hydrogens (primary N) is 1.